The van der Waals surface area contributed by atoms with E-state index >= 15 is 0 Å². The lowest BCUT2D eigenvalue weighted by atomic mass is 10.1. The molecule has 0 aliphatic carbocycles. The number of benzene rings is 2. The van der Waals surface area contributed by atoms with Crippen LogP contribution < -0.4 is 10.6 Å². The number of hydrogen-bond donors (Lipinski definition) is 2. The van der Waals surface area contributed by atoms with Crippen LogP contribution in [0.15, 0.2) is 53.4 Å². The van der Waals surface area contributed by atoms with Crippen LogP contribution in [-0.4, -0.2) is 39.3 Å². The second kappa shape index (κ2) is 11.2. The number of hydrogen-bond acceptors (Lipinski definition) is 4. The molecule has 25 heavy (non-hydrogen) atoms. The van der Waals surface area contributed by atoms with Gasteiger partial charge in [0, 0.05) is 48.0 Å². The Morgan fingerprint density at radius 3 is 2.44 bits per heavy atom. The number of nitrogens with one attached hydrogen (secondary N) is 2. The van der Waals surface area contributed by atoms with Crippen molar-refractivity contribution in [3.05, 3.63) is 64.7 Å². The summed E-state index contributed by atoms with van der Waals surface area (Å²) in [6, 6.07) is 15.5. The van der Waals surface area contributed by atoms with Crippen molar-refractivity contribution in [2.24, 2.45) is 0 Å². The van der Waals surface area contributed by atoms with Crippen molar-refractivity contribution < 1.29 is 9.53 Å². The van der Waals surface area contributed by atoms with E-state index in [9.17, 15) is 4.79 Å². The number of ether oxygens (including phenoxy) is 1. The van der Waals surface area contributed by atoms with Crippen LogP contribution in [0.2, 0.25) is 5.02 Å². The Labute approximate surface area is 158 Å². The molecule has 2 aromatic rings. The van der Waals surface area contributed by atoms with Gasteiger partial charge in [-0.3, -0.25) is 4.79 Å². The van der Waals surface area contributed by atoms with E-state index in [-0.39, 0.29) is 5.91 Å². The van der Waals surface area contributed by atoms with Crippen molar-refractivity contribution in [3.8, 4) is 0 Å². The normalized spacial score (nSPS) is 10.6. The van der Waals surface area contributed by atoms with Crippen molar-refractivity contribution in [1.82, 2.24) is 10.6 Å². The summed E-state index contributed by atoms with van der Waals surface area (Å²) in [6.45, 7) is 2.78. The highest BCUT2D eigenvalue weighted by molar-refractivity contribution is 7.98. The van der Waals surface area contributed by atoms with E-state index in [4.69, 9.17) is 16.3 Å². The number of amides is 1. The fourth-order valence-corrected chi connectivity index (χ4v) is 3.10. The van der Waals surface area contributed by atoms with Gasteiger partial charge in [-0.1, -0.05) is 23.7 Å². The van der Waals surface area contributed by atoms with Gasteiger partial charge < -0.3 is 15.4 Å². The van der Waals surface area contributed by atoms with Crippen LogP contribution >= 0.6 is 23.4 Å². The Morgan fingerprint density at radius 1 is 1.04 bits per heavy atom. The zero-order chi connectivity index (χ0) is 17.9. The first-order valence-corrected chi connectivity index (χ1v) is 9.50. The van der Waals surface area contributed by atoms with Gasteiger partial charge in [-0.15, -0.1) is 11.8 Å². The predicted molar refractivity (Wildman–Crippen MR) is 105 cm³/mol. The van der Waals surface area contributed by atoms with E-state index in [0.29, 0.717) is 18.7 Å². The van der Waals surface area contributed by atoms with E-state index in [1.54, 1.807) is 18.9 Å². The molecule has 6 heteroatoms. The Balaban J connectivity index is 1.73. The van der Waals surface area contributed by atoms with E-state index in [1.807, 2.05) is 48.5 Å². The van der Waals surface area contributed by atoms with Crippen LogP contribution in [0.4, 0.5) is 0 Å². The van der Waals surface area contributed by atoms with Gasteiger partial charge in [-0.05, 0) is 42.0 Å². The Kier molecular flexibility index (Phi) is 8.83. The smallest absolute Gasteiger partial charge is 0.251 e. The second-order valence-corrected chi connectivity index (χ2v) is 6.92. The molecule has 0 radical (unpaired) electrons. The first-order valence-electron chi connectivity index (χ1n) is 8.14. The second-order valence-electron chi connectivity index (χ2n) is 5.44. The van der Waals surface area contributed by atoms with Crippen molar-refractivity contribution in [1.29, 1.82) is 0 Å². The number of rotatable bonds is 10. The maximum absolute atomic E-state index is 12.1. The summed E-state index contributed by atoms with van der Waals surface area (Å²) in [5, 5.41) is 6.83. The number of carbonyl (C=O) groups excluding carboxylic acids is 1. The van der Waals surface area contributed by atoms with Gasteiger partial charge in [-0.2, -0.15) is 0 Å². The SMILES string of the molecule is COCCNCCNC(=O)c1ccc(CSc2ccc(Cl)cc2)cc1. The topological polar surface area (TPSA) is 50.4 Å². The van der Waals surface area contributed by atoms with E-state index in [1.165, 1.54) is 10.5 Å². The fourth-order valence-electron chi connectivity index (χ4n) is 2.12. The zero-order valence-corrected chi connectivity index (χ0v) is 15.8. The largest absolute Gasteiger partial charge is 0.383 e. The van der Waals surface area contributed by atoms with E-state index in [2.05, 4.69) is 10.6 Å². The zero-order valence-electron chi connectivity index (χ0n) is 14.3. The van der Waals surface area contributed by atoms with Crippen LogP contribution in [0.5, 0.6) is 0 Å². The van der Waals surface area contributed by atoms with Gasteiger partial charge >= 0.3 is 0 Å². The Morgan fingerprint density at radius 2 is 1.76 bits per heavy atom. The molecule has 4 nitrogen and oxygen atoms in total. The summed E-state index contributed by atoms with van der Waals surface area (Å²) >= 11 is 7.63. The molecule has 2 aromatic carbocycles. The summed E-state index contributed by atoms with van der Waals surface area (Å²) in [7, 11) is 1.67. The minimum Gasteiger partial charge on any atom is -0.383 e. The fraction of sp³-hybridized carbons (Fsp3) is 0.316. The molecule has 2 N–H and O–H groups in total. The van der Waals surface area contributed by atoms with Gasteiger partial charge in [0.05, 0.1) is 6.61 Å². The van der Waals surface area contributed by atoms with Gasteiger partial charge in [-0.25, -0.2) is 0 Å². The van der Waals surface area contributed by atoms with Crippen LogP contribution in [0.3, 0.4) is 0 Å². The maximum Gasteiger partial charge on any atom is 0.251 e. The standard InChI is InChI=1S/C19H23ClN2O2S/c1-24-13-12-21-10-11-22-19(23)16-4-2-15(3-5-16)14-25-18-8-6-17(20)7-9-18/h2-9,21H,10-14H2,1H3,(H,22,23). The monoisotopic (exact) mass is 378 g/mol. The first kappa shape index (κ1) is 19.8. The van der Waals surface area contributed by atoms with Gasteiger partial charge in [0.2, 0.25) is 0 Å². The molecular weight excluding hydrogens is 356 g/mol. The summed E-state index contributed by atoms with van der Waals surface area (Å²) in [5.41, 5.74) is 1.86. The minimum atomic E-state index is -0.0505. The number of methoxy groups -OCH3 is 1. The van der Waals surface area contributed by atoms with Crippen molar-refractivity contribution in [3.63, 3.8) is 0 Å². The average molecular weight is 379 g/mol. The lowest BCUT2D eigenvalue weighted by molar-refractivity contribution is 0.0953. The van der Waals surface area contributed by atoms with Crippen molar-refractivity contribution in [2.75, 3.05) is 33.4 Å². The summed E-state index contributed by atoms with van der Waals surface area (Å²) < 4.78 is 4.95. The maximum atomic E-state index is 12.1. The van der Waals surface area contributed by atoms with E-state index < -0.39 is 0 Å². The Bertz CT molecular complexity index is 647. The van der Waals surface area contributed by atoms with E-state index in [0.717, 1.165) is 23.9 Å². The number of carbonyl (C=O) groups is 1. The van der Waals surface area contributed by atoms with Gasteiger partial charge in [0.15, 0.2) is 0 Å². The highest BCUT2D eigenvalue weighted by Gasteiger charge is 2.05. The lowest BCUT2D eigenvalue weighted by Crippen LogP contribution is -2.33. The number of thioether (sulfide) groups is 1. The Hall–Kier alpha value is -1.53. The summed E-state index contributed by atoms with van der Waals surface area (Å²) in [4.78, 5) is 13.2. The third kappa shape index (κ3) is 7.48. The molecule has 0 saturated heterocycles. The quantitative estimate of drug-likeness (QED) is 0.490. The lowest BCUT2D eigenvalue weighted by Gasteiger charge is -2.07. The third-order valence-electron chi connectivity index (χ3n) is 3.51. The molecule has 134 valence electrons. The molecular formula is C19H23ClN2O2S. The van der Waals surface area contributed by atoms with Crippen LogP contribution in [-0.2, 0) is 10.5 Å². The van der Waals surface area contributed by atoms with Crippen LogP contribution in [0, 0.1) is 0 Å². The molecule has 2 rings (SSSR count). The molecule has 0 spiro atoms. The van der Waals surface area contributed by atoms with Crippen molar-refractivity contribution >= 4 is 29.3 Å². The number of halogens is 1. The van der Waals surface area contributed by atoms with Crippen molar-refractivity contribution in [2.45, 2.75) is 10.6 Å². The molecule has 1 amide bonds. The molecule has 0 heterocycles. The molecule has 0 fully saturated rings. The molecule has 0 bridgehead atoms. The molecule has 0 atom stereocenters. The molecule has 0 aliphatic rings. The van der Waals surface area contributed by atoms with Gasteiger partial charge in [0.1, 0.15) is 0 Å². The highest BCUT2D eigenvalue weighted by atomic mass is 35.5. The minimum absolute atomic E-state index is 0.0505. The summed E-state index contributed by atoms with van der Waals surface area (Å²) in [5.74, 6) is 0.804. The first-order chi connectivity index (χ1) is 12.2. The molecule has 0 saturated carbocycles. The van der Waals surface area contributed by atoms with Gasteiger partial charge in [0.25, 0.3) is 5.91 Å². The summed E-state index contributed by atoms with van der Waals surface area (Å²) in [6.07, 6.45) is 0. The third-order valence-corrected chi connectivity index (χ3v) is 4.84. The highest BCUT2D eigenvalue weighted by Crippen LogP contribution is 2.24. The van der Waals surface area contributed by atoms with Crippen LogP contribution in [0.25, 0.3) is 0 Å². The molecule has 0 aliphatic heterocycles. The predicted octanol–water partition coefficient (Wildman–Crippen LogP) is 3.60. The van der Waals surface area contributed by atoms with Crippen LogP contribution in [0.1, 0.15) is 15.9 Å². The molecule has 0 aromatic heterocycles. The average Bonchev–Trinajstić information content (AvgIpc) is 2.64. The molecule has 0 unspecified atom stereocenters.